The Morgan fingerprint density at radius 3 is 2.52 bits per heavy atom. The number of rotatable bonds is 5. The summed E-state index contributed by atoms with van der Waals surface area (Å²) in [5.74, 6) is 0.926. The number of nitrogen functional groups attached to an aromatic ring is 1. The topological polar surface area (TPSA) is 69.7 Å². The molecule has 31 heavy (non-hydrogen) atoms. The lowest BCUT2D eigenvalue weighted by atomic mass is 9.92. The van der Waals surface area contributed by atoms with Gasteiger partial charge in [0.1, 0.15) is 5.75 Å². The number of anilines is 1. The maximum Gasteiger partial charge on any atom is 0.254 e. The number of hydrogen-bond acceptors (Lipinski definition) is 4. The lowest BCUT2D eigenvalue weighted by Gasteiger charge is -2.30. The highest BCUT2D eigenvalue weighted by Crippen LogP contribution is 2.44. The Kier molecular flexibility index (Phi) is 5.32. The third kappa shape index (κ3) is 3.55. The second-order valence-electron chi connectivity index (χ2n) is 8.31. The van der Waals surface area contributed by atoms with Crippen molar-refractivity contribution in [1.29, 1.82) is 0 Å². The summed E-state index contributed by atoms with van der Waals surface area (Å²) in [4.78, 5) is 14.7. The smallest absolute Gasteiger partial charge is 0.254 e. The van der Waals surface area contributed by atoms with E-state index in [0.717, 1.165) is 46.4 Å². The molecule has 3 aromatic rings. The van der Waals surface area contributed by atoms with Gasteiger partial charge in [-0.3, -0.25) is 4.79 Å². The molecule has 2 N–H and O–H groups in total. The maximum atomic E-state index is 12.8. The van der Waals surface area contributed by atoms with Gasteiger partial charge < -0.3 is 24.7 Å². The van der Waals surface area contributed by atoms with Crippen LogP contribution >= 0.6 is 0 Å². The molecule has 1 saturated heterocycles. The van der Waals surface area contributed by atoms with Crippen molar-refractivity contribution >= 4 is 22.5 Å². The highest BCUT2D eigenvalue weighted by Gasteiger charge is 2.27. The molecule has 6 heteroatoms. The molecule has 1 aliphatic heterocycles. The lowest BCUT2D eigenvalue weighted by molar-refractivity contribution is 0.0303. The van der Waals surface area contributed by atoms with E-state index in [4.69, 9.17) is 15.2 Å². The molecule has 2 heterocycles. The van der Waals surface area contributed by atoms with E-state index in [2.05, 4.69) is 16.7 Å². The van der Waals surface area contributed by atoms with Crippen LogP contribution in [0.25, 0.3) is 22.2 Å². The molecule has 1 amide bonds. The van der Waals surface area contributed by atoms with E-state index in [-0.39, 0.29) is 5.91 Å². The molecule has 162 valence electrons. The predicted octanol–water partition coefficient (Wildman–Crippen LogP) is 4.49. The number of amides is 1. The van der Waals surface area contributed by atoms with Gasteiger partial charge >= 0.3 is 0 Å². The van der Waals surface area contributed by atoms with Crippen molar-refractivity contribution in [2.75, 3.05) is 38.6 Å². The summed E-state index contributed by atoms with van der Waals surface area (Å²) in [6.07, 6.45) is 3.55. The van der Waals surface area contributed by atoms with Crippen molar-refractivity contribution in [2.24, 2.45) is 0 Å². The van der Waals surface area contributed by atoms with Crippen molar-refractivity contribution in [3.8, 4) is 17.0 Å². The van der Waals surface area contributed by atoms with Crippen LogP contribution in [0, 0.1) is 0 Å². The van der Waals surface area contributed by atoms with E-state index in [1.807, 2.05) is 42.2 Å². The van der Waals surface area contributed by atoms with Crippen molar-refractivity contribution in [2.45, 2.75) is 32.2 Å². The van der Waals surface area contributed by atoms with E-state index in [0.29, 0.717) is 44.5 Å². The second-order valence-corrected chi connectivity index (χ2v) is 8.31. The Labute approximate surface area is 182 Å². The third-order valence-corrected chi connectivity index (χ3v) is 6.47. The quantitative estimate of drug-likeness (QED) is 0.662. The molecule has 1 aliphatic carbocycles. The minimum absolute atomic E-state index is 0.0590. The molecule has 2 fully saturated rings. The summed E-state index contributed by atoms with van der Waals surface area (Å²) in [5, 5.41) is 1.05. The van der Waals surface area contributed by atoms with Crippen LogP contribution in [0.15, 0.2) is 42.5 Å². The number of carbonyl (C=O) groups excluding carboxylic acids is 1. The summed E-state index contributed by atoms with van der Waals surface area (Å²) in [7, 11) is 0. The second kappa shape index (κ2) is 8.27. The summed E-state index contributed by atoms with van der Waals surface area (Å²) >= 11 is 0. The van der Waals surface area contributed by atoms with E-state index in [9.17, 15) is 4.79 Å². The fraction of sp³-hybridized carbons (Fsp3) is 0.400. The van der Waals surface area contributed by atoms with Gasteiger partial charge in [-0.15, -0.1) is 0 Å². The Morgan fingerprint density at radius 1 is 1.13 bits per heavy atom. The van der Waals surface area contributed by atoms with Crippen molar-refractivity contribution < 1.29 is 14.3 Å². The van der Waals surface area contributed by atoms with Gasteiger partial charge in [-0.05, 0) is 50.5 Å². The number of carbonyl (C=O) groups is 1. The summed E-state index contributed by atoms with van der Waals surface area (Å²) in [6.45, 7) is 5.12. The Morgan fingerprint density at radius 2 is 1.87 bits per heavy atom. The van der Waals surface area contributed by atoms with Crippen molar-refractivity contribution in [3.05, 3.63) is 48.0 Å². The van der Waals surface area contributed by atoms with Gasteiger partial charge in [0.05, 0.1) is 36.7 Å². The number of morpholine rings is 1. The minimum Gasteiger partial charge on any atom is -0.494 e. The molecule has 0 bridgehead atoms. The number of aromatic nitrogens is 1. The number of hydrogen-bond donors (Lipinski definition) is 1. The molecule has 0 atom stereocenters. The van der Waals surface area contributed by atoms with Crippen LogP contribution in [-0.2, 0) is 4.74 Å². The van der Waals surface area contributed by atoms with Crippen LogP contribution in [0.4, 0.5) is 5.69 Å². The van der Waals surface area contributed by atoms with E-state index in [1.165, 1.54) is 6.42 Å². The molecule has 2 aliphatic rings. The Hall–Kier alpha value is -2.99. The zero-order valence-corrected chi connectivity index (χ0v) is 18.0. The van der Waals surface area contributed by atoms with Gasteiger partial charge in [-0.1, -0.05) is 12.1 Å². The number of fused-ring (bicyclic) bond motifs is 1. The minimum atomic E-state index is 0.0590. The monoisotopic (exact) mass is 419 g/mol. The van der Waals surface area contributed by atoms with Gasteiger partial charge in [-0.25, -0.2) is 0 Å². The summed E-state index contributed by atoms with van der Waals surface area (Å²) < 4.78 is 13.5. The number of benzene rings is 2. The molecule has 5 rings (SSSR count). The zero-order valence-electron chi connectivity index (χ0n) is 18.0. The number of nitrogens with two attached hydrogens (primary N) is 1. The lowest BCUT2D eigenvalue weighted by Crippen LogP contribution is -2.40. The first-order chi connectivity index (χ1) is 15.2. The van der Waals surface area contributed by atoms with Gasteiger partial charge in [0.15, 0.2) is 0 Å². The van der Waals surface area contributed by atoms with Gasteiger partial charge in [0, 0.05) is 41.7 Å². The Balaban J connectivity index is 1.54. The fourth-order valence-corrected chi connectivity index (χ4v) is 4.61. The number of nitrogens with zero attached hydrogens (tertiary/aromatic N) is 2. The first kappa shape index (κ1) is 19.9. The normalized spacial score (nSPS) is 17.0. The number of ether oxygens (including phenoxy) is 2. The van der Waals surface area contributed by atoms with Crippen LogP contribution in [0.5, 0.6) is 5.75 Å². The van der Waals surface area contributed by atoms with Crippen LogP contribution < -0.4 is 10.5 Å². The average Bonchev–Trinajstić information content (AvgIpc) is 3.05. The van der Waals surface area contributed by atoms with Crippen molar-refractivity contribution in [1.82, 2.24) is 9.47 Å². The molecular weight excluding hydrogens is 390 g/mol. The van der Waals surface area contributed by atoms with Gasteiger partial charge in [0.2, 0.25) is 0 Å². The first-order valence-electron chi connectivity index (χ1n) is 11.2. The molecule has 1 aromatic heterocycles. The highest BCUT2D eigenvalue weighted by atomic mass is 16.5. The van der Waals surface area contributed by atoms with Crippen LogP contribution in [0.3, 0.4) is 0 Å². The average molecular weight is 420 g/mol. The molecule has 0 radical (unpaired) electrons. The van der Waals surface area contributed by atoms with Crippen molar-refractivity contribution in [3.63, 3.8) is 0 Å². The summed E-state index contributed by atoms with van der Waals surface area (Å²) in [6, 6.07) is 14.5. The largest absolute Gasteiger partial charge is 0.494 e. The molecule has 0 unspecified atom stereocenters. The highest BCUT2D eigenvalue weighted by molar-refractivity contribution is 6.02. The molecule has 2 aromatic carbocycles. The standard InChI is InChI=1S/C25H29N3O3/c1-2-31-20-10-11-21-22(16-20)28(19-4-3-5-19)24(23(21)26)17-6-8-18(9-7-17)25(29)27-12-14-30-15-13-27/h6-11,16,19H,2-5,12-15,26H2,1H3. The predicted molar refractivity (Wildman–Crippen MR) is 123 cm³/mol. The van der Waals surface area contributed by atoms with Crippen LogP contribution in [-0.4, -0.2) is 48.3 Å². The van der Waals surface area contributed by atoms with E-state index in [1.54, 1.807) is 0 Å². The third-order valence-electron chi connectivity index (χ3n) is 6.47. The maximum absolute atomic E-state index is 12.8. The molecular formula is C25H29N3O3. The van der Waals surface area contributed by atoms with Crippen LogP contribution in [0.1, 0.15) is 42.6 Å². The van der Waals surface area contributed by atoms with E-state index < -0.39 is 0 Å². The Bertz CT molecular complexity index is 1090. The van der Waals surface area contributed by atoms with Gasteiger partial charge in [0.25, 0.3) is 5.91 Å². The first-order valence-corrected chi connectivity index (χ1v) is 11.2. The SMILES string of the molecule is CCOc1ccc2c(N)c(-c3ccc(C(=O)N4CCOCC4)cc3)n(C3CCC3)c2c1. The molecule has 6 nitrogen and oxygen atoms in total. The summed E-state index contributed by atoms with van der Waals surface area (Å²) in [5.41, 5.74) is 11.4. The fourth-order valence-electron chi connectivity index (χ4n) is 4.61. The van der Waals surface area contributed by atoms with Crippen LogP contribution in [0.2, 0.25) is 0 Å². The molecule has 1 saturated carbocycles. The zero-order chi connectivity index (χ0) is 21.4. The van der Waals surface area contributed by atoms with E-state index >= 15 is 0 Å². The molecule has 0 spiro atoms. The van der Waals surface area contributed by atoms with Gasteiger partial charge in [-0.2, -0.15) is 0 Å².